The molecule has 0 amide bonds. The Morgan fingerprint density at radius 3 is 2.42 bits per heavy atom. The fraction of sp³-hybridized carbons (Fsp3) is 0.333. The topological polar surface area (TPSA) is 59.4 Å². The van der Waals surface area contributed by atoms with Crippen molar-refractivity contribution in [3.63, 3.8) is 0 Å². The molecular weight excluding hydrogens is 301 g/mol. The Bertz CT molecular complexity index is 491. The van der Waals surface area contributed by atoms with Crippen molar-refractivity contribution in [2.45, 2.75) is 18.7 Å². The maximum atomic E-state index is 12.6. The zero-order chi connectivity index (χ0) is 14.8. The Hall–Kier alpha value is -1.64. The van der Waals surface area contributed by atoms with Crippen molar-refractivity contribution in [2.24, 2.45) is 0 Å². The quantitative estimate of drug-likeness (QED) is 0.684. The van der Waals surface area contributed by atoms with Crippen LogP contribution in [-0.4, -0.2) is 22.4 Å². The first-order chi connectivity index (χ1) is 8.65. The third kappa shape index (κ3) is 3.91. The monoisotopic (exact) mass is 305 g/mol. The number of hydrogen-bond donors (Lipinski definition) is 1. The van der Waals surface area contributed by atoms with Gasteiger partial charge in [0.15, 0.2) is 5.69 Å². The fourth-order valence-corrected chi connectivity index (χ4v) is 1.48. The molecule has 0 atom stereocenters. The summed E-state index contributed by atoms with van der Waals surface area (Å²) in [5.41, 5.74) is -2.86. The SMILES string of the molecule is O=C(O)c1cc(OC(F)(F)F)c(CCl)c(C(F)F)n1. The van der Waals surface area contributed by atoms with Crippen LogP contribution in [0.2, 0.25) is 0 Å². The molecule has 0 aliphatic rings. The highest BCUT2D eigenvalue weighted by atomic mass is 35.5. The maximum absolute atomic E-state index is 12.6. The highest BCUT2D eigenvalue weighted by Crippen LogP contribution is 2.33. The number of ether oxygens (including phenoxy) is 1. The third-order valence-corrected chi connectivity index (χ3v) is 2.17. The van der Waals surface area contributed by atoms with E-state index in [1.165, 1.54) is 0 Å². The molecule has 4 nitrogen and oxygen atoms in total. The van der Waals surface area contributed by atoms with Crippen LogP contribution in [0.5, 0.6) is 5.75 Å². The van der Waals surface area contributed by atoms with Gasteiger partial charge in [-0.05, 0) is 0 Å². The van der Waals surface area contributed by atoms with Gasteiger partial charge in [0.05, 0.1) is 5.88 Å². The van der Waals surface area contributed by atoms with E-state index in [2.05, 4.69) is 9.72 Å². The van der Waals surface area contributed by atoms with Gasteiger partial charge in [-0.1, -0.05) is 0 Å². The molecule has 1 N–H and O–H groups in total. The van der Waals surface area contributed by atoms with E-state index < -0.39 is 47.3 Å². The number of carboxylic acids is 1. The van der Waals surface area contributed by atoms with Crippen LogP contribution in [-0.2, 0) is 5.88 Å². The Morgan fingerprint density at radius 1 is 1.47 bits per heavy atom. The second-order valence-electron chi connectivity index (χ2n) is 3.16. The average molecular weight is 306 g/mol. The van der Waals surface area contributed by atoms with Crippen LogP contribution in [0.15, 0.2) is 6.07 Å². The summed E-state index contributed by atoms with van der Waals surface area (Å²) in [6.45, 7) is 0. The summed E-state index contributed by atoms with van der Waals surface area (Å²) in [7, 11) is 0. The molecule has 0 radical (unpaired) electrons. The third-order valence-electron chi connectivity index (χ3n) is 1.90. The zero-order valence-electron chi connectivity index (χ0n) is 8.84. The number of alkyl halides is 6. The largest absolute Gasteiger partial charge is 0.573 e. The number of aromatic carboxylic acids is 1. The molecule has 0 bridgehead atoms. The Kier molecular flexibility index (Phi) is 4.51. The molecule has 0 aliphatic carbocycles. The molecule has 19 heavy (non-hydrogen) atoms. The molecule has 0 spiro atoms. The number of carbonyl (C=O) groups is 1. The van der Waals surface area contributed by atoms with E-state index in [0.717, 1.165) is 0 Å². The van der Waals surface area contributed by atoms with Gasteiger partial charge in [0.25, 0.3) is 6.43 Å². The molecule has 10 heteroatoms. The molecule has 0 saturated carbocycles. The number of nitrogens with zero attached hydrogens (tertiary/aromatic N) is 1. The standard InChI is InChI=1S/C9H5ClF5NO3/c10-2-3-5(19-9(13,14)15)1-4(8(17)18)16-6(3)7(11)12/h1,7H,2H2,(H,17,18). The van der Waals surface area contributed by atoms with Crippen LogP contribution in [0.25, 0.3) is 0 Å². The molecule has 1 aromatic heterocycles. The van der Waals surface area contributed by atoms with Gasteiger partial charge >= 0.3 is 12.3 Å². The summed E-state index contributed by atoms with van der Waals surface area (Å²) in [6, 6.07) is 0.388. The molecule has 106 valence electrons. The molecule has 0 saturated heterocycles. The Labute approximate surface area is 107 Å². The summed E-state index contributed by atoms with van der Waals surface area (Å²) in [6.07, 6.45) is -8.46. The minimum Gasteiger partial charge on any atom is -0.477 e. The van der Waals surface area contributed by atoms with Crippen LogP contribution < -0.4 is 4.74 Å². The normalized spacial score (nSPS) is 11.7. The minimum absolute atomic E-state index is 0.388. The van der Waals surface area contributed by atoms with Gasteiger partial charge < -0.3 is 9.84 Å². The van der Waals surface area contributed by atoms with Gasteiger partial charge in [0.1, 0.15) is 11.4 Å². The Balaban J connectivity index is 3.44. The molecule has 0 aliphatic heterocycles. The first-order valence-electron chi connectivity index (χ1n) is 4.52. The van der Waals surface area contributed by atoms with Gasteiger partial charge in [-0.2, -0.15) is 0 Å². The average Bonchev–Trinajstić information content (AvgIpc) is 2.25. The van der Waals surface area contributed by atoms with Crippen molar-refractivity contribution < 1.29 is 36.6 Å². The van der Waals surface area contributed by atoms with Crippen molar-refractivity contribution in [1.82, 2.24) is 4.98 Å². The van der Waals surface area contributed by atoms with E-state index in [-0.39, 0.29) is 0 Å². The summed E-state index contributed by atoms with van der Waals surface area (Å²) in [5.74, 6) is -3.61. The molecule has 0 aromatic carbocycles. The first kappa shape index (κ1) is 15.4. The van der Waals surface area contributed by atoms with Gasteiger partial charge in [-0.25, -0.2) is 18.6 Å². The Morgan fingerprint density at radius 2 is 2.05 bits per heavy atom. The van der Waals surface area contributed by atoms with E-state index in [4.69, 9.17) is 16.7 Å². The lowest BCUT2D eigenvalue weighted by molar-refractivity contribution is -0.275. The summed E-state index contributed by atoms with van der Waals surface area (Å²) < 4.78 is 65.0. The van der Waals surface area contributed by atoms with Crippen molar-refractivity contribution in [1.29, 1.82) is 0 Å². The number of rotatable bonds is 4. The first-order valence-corrected chi connectivity index (χ1v) is 5.06. The van der Waals surface area contributed by atoms with Gasteiger partial charge in [-0.3, -0.25) is 0 Å². The predicted molar refractivity (Wildman–Crippen MR) is 52.4 cm³/mol. The minimum atomic E-state index is -5.17. The van der Waals surface area contributed by atoms with Gasteiger partial charge in [0, 0.05) is 11.6 Å². The van der Waals surface area contributed by atoms with Gasteiger partial charge in [0.2, 0.25) is 0 Å². The van der Waals surface area contributed by atoms with Crippen LogP contribution in [0.1, 0.15) is 28.2 Å². The molecule has 1 aromatic rings. The van der Waals surface area contributed by atoms with E-state index in [0.29, 0.717) is 6.07 Å². The van der Waals surface area contributed by atoms with Crippen LogP contribution in [0.4, 0.5) is 22.0 Å². The molecule has 0 unspecified atom stereocenters. The number of aromatic nitrogens is 1. The lowest BCUT2D eigenvalue weighted by Crippen LogP contribution is -2.20. The predicted octanol–water partition coefficient (Wildman–Crippen LogP) is 3.35. The second kappa shape index (κ2) is 5.55. The van der Waals surface area contributed by atoms with E-state index in [1.54, 1.807) is 0 Å². The smallest absolute Gasteiger partial charge is 0.477 e. The molecule has 1 heterocycles. The number of hydrogen-bond acceptors (Lipinski definition) is 3. The van der Waals surface area contributed by atoms with Crippen molar-refractivity contribution in [3.8, 4) is 5.75 Å². The van der Waals surface area contributed by atoms with E-state index in [1.807, 2.05) is 0 Å². The number of halogens is 6. The lowest BCUT2D eigenvalue weighted by Gasteiger charge is -2.15. The highest BCUT2D eigenvalue weighted by Gasteiger charge is 2.34. The maximum Gasteiger partial charge on any atom is 0.573 e. The number of pyridine rings is 1. The van der Waals surface area contributed by atoms with Crippen LogP contribution in [0, 0.1) is 0 Å². The van der Waals surface area contributed by atoms with Crippen LogP contribution >= 0.6 is 11.6 Å². The summed E-state index contributed by atoms with van der Waals surface area (Å²) in [5, 5.41) is 8.60. The molecular formula is C9H5ClF5NO3. The van der Waals surface area contributed by atoms with E-state index >= 15 is 0 Å². The lowest BCUT2D eigenvalue weighted by atomic mass is 10.1. The summed E-state index contributed by atoms with van der Waals surface area (Å²) in [4.78, 5) is 13.7. The van der Waals surface area contributed by atoms with Gasteiger partial charge in [-0.15, -0.1) is 24.8 Å². The summed E-state index contributed by atoms with van der Waals surface area (Å²) >= 11 is 5.27. The second-order valence-corrected chi connectivity index (χ2v) is 3.42. The van der Waals surface area contributed by atoms with Crippen LogP contribution in [0.3, 0.4) is 0 Å². The molecule has 0 fully saturated rings. The van der Waals surface area contributed by atoms with Crippen molar-refractivity contribution in [2.75, 3.05) is 0 Å². The zero-order valence-corrected chi connectivity index (χ0v) is 9.60. The van der Waals surface area contributed by atoms with Crippen molar-refractivity contribution in [3.05, 3.63) is 23.0 Å². The van der Waals surface area contributed by atoms with Crippen molar-refractivity contribution >= 4 is 17.6 Å². The molecule has 1 rings (SSSR count). The van der Waals surface area contributed by atoms with E-state index in [9.17, 15) is 26.7 Å². The fourth-order valence-electron chi connectivity index (χ4n) is 1.21. The number of carboxylic acid groups (broad SMARTS) is 1. The highest BCUT2D eigenvalue weighted by molar-refractivity contribution is 6.17.